The third kappa shape index (κ3) is 4.35. The van der Waals surface area contributed by atoms with Crippen molar-refractivity contribution in [2.75, 3.05) is 18.4 Å². The molecule has 5 nitrogen and oxygen atoms in total. The summed E-state index contributed by atoms with van der Waals surface area (Å²) in [6.07, 6.45) is 9.83. The van der Waals surface area contributed by atoms with Crippen LogP contribution in [0.3, 0.4) is 0 Å². The fourth-order valence-electron chi connectivity index (χ4n) is 3.05. The standard InChI is InChI=1S/C19H19N5S2/c25-19-22-10-16(26-19)8-13-3-1-4-14(7-13)17-11-21-12-18(24-17)23-15-5-2-6-20-9-15/h1,3-4,7-8,10-12,15,20H,2,5-6,9H2,(H,23,24). The van der Waals surface area contributed by atoms with E-state index in [9.17, 15) is 0 Å². The van der Waals surface area contributed by atoms with Crippen LogP contribution in [0, 0.1) is 0 Å². The number of rotatable bonds is 4. The van der Waals surface area contributed by atoms with Crippen LogP contribution in [-0.4, -0.2) is 39.6 Å². The van der Waals surface area contributed by atoms with E-state index in [-0.39, 0.29) is 0 Å². The minimum Gasteiger partial charge on any atom is -0.365 e. The van der Waals surface area contributed by atoms with Crippen LogP contribution in [0.1, 0.15) is 18.4 Å². The Balaban J connectivity index is 1.54. The van der Waals surface area contributed by atoms with Gasteiger partial charge in [-0.15, -0.1) is 0 Å². The molecule has 1 aromatic heterocycles. The van der Waals surface area contributed by atoms with E-state index in [0.717, 1.165) is 47.1 Å². The van der Waals surface area contributed by atoms with Gasteiger partial charge in [-0.25, -0.2) is 9.98 Å². The zero-order valence-electron chi connectivity index (χ0n) is 14.2. The Labute approximate surface area is 162 Å². The van der Waals surface area contributed by atoms with Crippen molar-refractivity contribution in [3.63, 3.8) is 0 Å². The number of piperidine rings is 1. The average Bonchev–Trinajstić information content (AvgIpc) is 3.08. The monoisotopic (exact) mass is 381 g/mol. The molecule has 132 valence electrons. The van der Waals surface area contributed by atoms with Gasteiger partial charge in [0.1, 0.15) is 5.82 Å². The number of anilines is 1. The largest absolute Gasteiger partial charge is 0.365 e. The maximum Gasteiger partial charge on any atom is 0.164 e. The number of aliphatic imine (C=N–C) groups is 1. The van der Waals surface area contributed by atoms with E-state index >= 15 is 0 Å². The number of nitrogens with zero attached hydrogens (tertiary/aromatic N) is 3. The Hall–Kier alpha value is -2.09. The number of nitrogens with one attached hydrogen (secondary N) is 2. The van der Waals surface area contributed by atoms with Crippen molar-refractivity contribution in [2.24, 2.45) is 4.99 Å². The van der Waals surface area contributed by atoms with E-state index in [4.69, 9.17) is 17.2 Å². The van der Waals surface area contributed by atoms with Gasteiger partial charge < -0.3 is 10.6 Å². The molecule has 1 aromatic carbocycles. The van der Waals surface area contributed by atoms with Gasteiger partial charge in [-0.3, -0.25) is 4.98 Å². The lowest BCUT2D eigenvalue weighted by Gasteiger charge is -2.24. The summed E-state index contributed by atoms with van der Waals surface area (Å²) in [7, 11) is 0. The highest BCUT2D eigenvalue weighted by Gasteiger charge is 2.13. The van der Waals surface area contributed by atoms with E-state index in [1.807, 2.05) is 12.3 Å². The first-order valence-corrected chi connectivity index (χ1v) is 9.86. The Kier molecular flexibility index (Phi) is 5.38. The molecule has 1 saturated heterocycles. The highest BCUT2D eigenvalue weighted by atomic mass is 32.2. The Bertz CT molecular complexity index is 872. The van der Waals surface area contributed by atoms with E-state index in [1.54, 1.807) is 12.4 Å². The van der Waals surface area contributed by atoms with Gasteiger partial charge in [0, 0.05) is 29.3 Å². The molecule has 0 bridgehead atoms. The molecule has 1 unspecified atom stereocenters. The van der Waals surface area contributed by atoms with Gasteiger partial charge in [0.05, 0.1) is 18.1 Å². The smallest absolute Gasteiger partial charge is 0.164 e. The zero-order chi connectivity index (χ0) is 17.8. The Morgan fingerprint density at radius 1 is 1.31 bits per heavy atom. The second-order valence-electron chi connectivity index (χ2n) is 6.28. The maximum atomic E-state index is 5.09. The van der Waals surface area contributed by atoms with Crippen LogP contribution in [0.15, 0.2) is 46.6 Å². The molecule has 0 spiro atoms. The van der Waals surface area contributed by atoms with Crippen LogP contribution in [0.5, 0.6) is 0 Å². The second kappa shape index (κ2) is 8.07. The third-order valence-electron chi connectivity index (χ3n) is 4.28. The molecule has 2 aliphatic rings. The van der Waals surface area contributed by atoms with E-state index in [1.165, 1.54) is 18.2 Å². The predicted molar refractivity (Wildman–Crippen MR) is 114 cm³/mol. The number of thioether (sulfide) groups is 1. The van der Waals surface area contributed by atoms with Crippen molar-refractivity contribution in [3.05, 3.63) is 47.1 Å². The fraction of sp³-hybridized carbons (Fsp3) is 0.263. The first kappa shape index (κ1) is 17.3. The molecule has 1 atom stereocenters. The molecule has 2 aromatic rings. The molecular weight excluding hydrogens is 362 g/mol. The van der Waals surface area contributed by atoms with Crippen molar-refractivity contribution < 1.29 is 0 Å². The van der Waals surface area contributed by atoms with Gasteiger partial charge in [0.15, 0.2) is 4.32 Å². The van der Waals surface area contributed by atoms with Crippen LogP contribution in [-0.2, 0) is 0 Å². The summed E-state index contributed by atoms with van der Waals surface area (Å²) < 4.78 is 0.661. The van der Waals surface area contributed by atoms with E-state index in [2.05, 4.69) is 44.9 Å². The highest BCUT2D eigenvalue weighted by molar-refractivity contribution is 8.26. The Morgan fingerprint density at radius 3 is 3.08 bits per heavy atom. The van der Waals surface area contributed by atoms with Crippen LogP contribution < -0.4 is 10.6 Å². The van der Waals surface area contributed by atoms with Gasteiger partial charge in [0.25, 0.3) is 0 Å². The predicted octanol–water partition coefficient (Wildman–Crippen LogP) is 3.75. The van der Waals surface area contributed by atoms with Crippen LogP contribution in [0.4, 0.5) is 5.82 Å². The molecule has 2 aliphatic heterocycles. The van der Waals surface area contributed by atoms with E-state index < -0.39 is 0 Å². The summed E-state index contributed by atoms with van der Waals surface area (Å²) in [6.45, 7) is 2.07. The quantitative estimate of drug-likeness (QED) is 0.787. The average molecular weight is 382 g/mol. The Morgan fingerprint density at radius 2 is 2.27 bits per heavy atom. The van der Waals surface area contributed by atoms with Crippen molar-refractivity contribution in [1.82, 2.24) is 15.3 Å². The van der Waals surface area contributed by atoms with Gasteiger partial charge >= 0.3 is 0 Å². The molecule has 2 N–H and O–H groups in total. The number of thiocarbonyl (C=S) groups is 1. The number of hydrogen-bond acceptors (Lipinski definition) is 6. The van der Waals surface area contributed by atoms with Crippen molar-refractivity contribution in [2.45, 2.75) is 18.9 Å². The number of aromatic nitrogens is 2. The van der Waals surface area contributed by atoms with E-state index in [0.29, 0.717) is 10.4 Å². The summed E-state index contributed by atoms with van der Waals surface area (Å²) in [6, 6.07) is 8.67. The molecule has 7 heteroatoms. The zero-order valence-corrected chi connectivity index (χ0v) is 15.8. The van der Waals surface area contributed by atoms with Crippen molar-refractivity contribution in [3.8, 4) is 11.3 Å². The number of benzene rings is 1. The third-order valence-corrected chi connectivity index (χ3v) is 5.37. The minimum absolute atomic E-state index is 0.409. The molecule has 26 heavy (non-hydrogen) atoms. The molecular formula is C19H19N5S2. The molecule has 0 saturated carbocycles. The summed E-state index contributed by atoms with van der Waals surface area (Å²) in [5.41, 5.74) is 3.00. The van der Waals surface area contributed by atoms with Crippen molar-refractivity contribution >= 4 is 46.4 Å². The molecule has 1 fully saturated rings. The fourth-order valence-corrected chi connectivity index (χ4v) is 4.00. The summed E-state index contributed by atoms with van der Waals surface area (Å²) >= 11 is 6.60. The number of allylic oxidation sites excluding steroid dienone is 1. The molecule has 4 rings (SSSR count). The summed E-state index contributed by atoms with van der Waals surface area (Å²) in [5, 5.41) is 6.89. The number of hydrogen-bond donors (Lipinski definition) is 2. The molecule has 0 radical (unpaired) electrons. The summed E-state index contributed by atoms with van der Waals surface area (Å²) in [4.78, 5) is 14.3. The SMILES string of the molecule is S=C1N=CC(=Cc2cccc(-c3cncc(NC4CCCNC4)n3)c2)S1. The molecule has 0 aliphatic carbocycles. The van der Waals surface area contributed by atoms with Crippen LogP contribution >= 0.6 is 24.0 Å². The normalized spacial score (nSPS) is 21.3. The summed E-state index contributed by atoms with van der Waals surface area (Å²) in [5.74, 6) is 0.823. The molecule has 3 heterocycles. The highest BCUT2D eigenvalue weighted by Crippen LogP contribution is 2.27. The lowest BCUT2D eigenvalue weighted by Crippen LogP contribution is -2.38. The minimum atomic E-state index is 0.409. The first-order chi connectivity index (χ1) is 12.8. The maximum absolute atomic E-state index is 5.09. The van der Waals surface area contributed by atoms with Crippen LogP contribution in [0.2, 0.25) is 0 Å². The second-order valence-corrected chi connectivity index (χ2v) is 7.98. The van der Waals surface area contributed by atoms with Gasteiger partial charge in [-0.2, -0.15) is 0 Å². The molecule has 0 amide bonds. The first-order valence-electron chi connectivity index (χ1n) is 8.63. The van der Waals surface area contributed by atoms with Gasteiger partial charge in [0.2, 0.25) is 0 Å². The van der Waals surface area contributed by atoms with Crippen molar-refractivity contribution in [1.29, 1.82) is 0 Å². The van der Waals surface area contributed by atoms with Crippen LogP contribution in [0.25, 0.3) is 17.3 Å². The van der Waals surface area contributed by atoms with Gasteiger partial charge in [-0.05, 0) is 37.1 Å². The lowest BCUT2D eigenvalue weighted by molar-refractivity contribution is 0.479. The van der Waals surface area contributed by atoms with Gasteiger partial charge in [-0.1, -0.05) is 42.2 Å². The lowest BCUT2D eigenvalue weighted by atomic mass is 10.1. The topological polar surface area (TPSA) is 62.2 Å².